The molecule has 0 aromatic carbocycles. The molecule has 1 aromatic heterocycles. The molecule has 0 aliphatic heterocycles. The third kappa shape index (κ3) is 2.37. The quantitative estimate of drug-likeness (QED) is 0.688. The lowest BCUT2D eigenvalue weighted by atomic mass is 10.1. The van der Waals surface area contributed by atoms with Gasteiger partial charge in [-0.1, -0.05) is 0 Å². The lowest BCUT2D eigenvalue weighted by molar-refractivity contribution is 0.0763. The summed E-state index contributed by atoms with van der Waals surface area (Å²) >= 11 is 0. The van der Waals surface area contributed by atoms with Crippen molar-refractivity contribution in [3.8, 4) is 0 Å². The largest absolute Gasteiger partial charge is 0.467 e. The molecule has 0 fully saturated rings. The first-order chi connectivity index (χ1) is 5.20. The maximum Gasteiger partial charge on any atom is 0.132 e. The van der Waals surface area contributed by atoms with Gasteiger partial charge in [-0.15, -0.1) is 0 Å². The summed E-state index contributed by atoms with van der Waals surface area (Å²) in [4.78, 5) is 0. The van der Waals surface area contributed by atoms with Gasteiger partial charge in [-0.25, -0.2) is 0 Å². The van der Waals surface area contributed by atoms with Gasteiger partial charge < -0.3 is 14.6 Å². The highest BCUT2D eigenvalue weighted by Crippen LogP contribution is 2.17. The average molecular weight is 156 g/mol. The van der Waals surface area contributed by atoms with Gasteiger partial charge in [0, 0.05) is 6.42 Å². The third-order valence-electron chi connectivity index (χ3n) is 1.44. The van der Waals surface area contributed by atoms with Crippen molar-refractivity contribution in [3.05, 3.63) is 24.2 Å². The molecule has 0 saturated carbocycles. The van der Waals surface area contributed by atoms with E-state index in [4.69, 9.17) is 9.52 Å². The van der Waals surface area contributed by atoms with Crippen LogP contribution in [0.1, 0.15) is 25.2 Å². The van der Waals surface area contributed by atoms with Crippen LogP contribution in [0.25, 0.3) is 0 Å². The van der Waals surface area contributed by atoms with Crippen molar-refractivity contribution >= 4 is 0 Å². The molecule has 3 heteroatoms. The van der Waals surface area contributed by atoms with Crippen LogP contribution in [-0.2, 0) is 0 Å². The first kappa shape index (κ1) is 8.30. The third-order valence-corrected chi connectivity index (χ3v) is 1.44. The van der Waals surface area contributed by atoms with E-state index >= 15 is 0 Å². The van der Waals surface area contributed by atoms with Crippen molar-refractivity contribution in [1.82, 2.24) is 0 Å². The predicted molar refractivity (Wildman–Crippen MR) is 40.0 cm³/mol. The molecule has 0 radical (unpaired) electrons. The van der Waals surface area contributed by atoms with E-state index in [2.05, 4.69) is 0 Å². The minimum Gasteiger partial charge on any atom is -0.467 e. The molecule has 0 aliphatic rings. The molecular formula is C8H12O3. The second-order valence-corrected chi connectivity index (χ2v) is 2.62. The van der Waals surface area contributed by atoms with Gasteiger partial charge in [0.25, 0.3) is 0 Å². The van der Waals surface area contributed by atoms with Gasteiger partial charge >= 0.3 is 0 Å². The monoisotopic (exact) mass is 156 g/mol. The van der Waals surface area contributed by atoms with Crippen LogP contribution in [0.4, 0.5) is 0 Å². The molecule has 2 atom stereocenters. The van der Waals surface area contributed by atoms with E-state index < -0.39 is 12.2 Å². The van der Waals surface area contributed by atoms with Crippen LogP contribution in [0.5, 0.6) is 0 Å². The van der Waals surface area contributed by atoms with Crippen LogP contribution in [-0.4, -0.2) is 16.3 Å². The van der Waals surface area contributed by atoms with Crippen molar-refractivity contribution < 1.29 is 14.6 Å². The normalized spacial score (nSPS) is 16.3. The Kier molecular flexibility index (Phi) is 2.68. The number of furan rings is 1. The maximum atomic E-state index is 9.33. The van der Waals surface area contributed by atoms with E-state index in [9.17, 15) is 5.11 Å². The lowest BCUT2D eigenvalue weighted by Crippen LogP contribution is -2.07. The van der Waals surface area contributed by atoms with E-state index in [0.717, 1.165) is 0 Å². The Bertz CT molecular complexity index is 191. The van der Waals surface area contributed by atoms with E-state index in [1.165, 1.54) is 6.26 Å². The van der Waals surface area contributed by atoms with E-state index in [1.807, 2.05) is 0 Å². The van der Waals surface area contributed by atoms with Gasteiger partial charge in [-0.05, 0) is 19.1 Å². The van der Waals surface area contributed by atoms with Gasteiger partial charge in [0.2, 0.25) is 0 Å². The smallest absolute Gasteiger partial charge is 0.132 e. The SMILES string of the molecule is C[C@@H](O)C[C@@H](O)c1ccco1. The molecule has 0 spiro atoms. The zero-order valence-corrected chi connectivity index (χ0v) is 6.40. The number of hydrogen-bond donors (Lipinski definition) is 2. The van der Waals surface area contributed by atoms with Crippen LogP contribution in [0.3, 0.4) is 0 Å². The highest BCUT2D eigenvalue weighted by molar-refractivity contribution is 5.01. The highest BCUT2D eigenvalue weighted by Gasteiger charge is 2.12. The molecular weight excluding hydrogens is 144 g/mol. The van der Waals surface area contributed by atoms with Crippen molar-refractivity contribution in [1.29, 1.82) is 0 Å². The minimum atomic E-state index is -0.690. The molecule has 62 valence electrons. The molecule has 0 aliphatic carbocycles. The second-order valence-electron chi connectivity index (χ2n) is 2.62. The zero-order chi connectivity index (χ0) is 8.27. The Morgan fingerprint density at radius 2 is 2.27 bits per heavy atom. The van der Waals surface area contributed by atoms with E-state index in [1.54, 1.807) is 19.1 Å². The molecule has 0 amide bonds. The molecule has 0 bridgehead atoms. The van der Waals surface area contributed by atoms with Crippen molar-refractivity contribution in [2.24, 2.45) is 0 Å². The first-order valence-corrected chi connectivity index (χ1v) is 3.59. The van der Waals surface area contributed by atoms with Crippen LogP contribution in [0.2, 0.25) is 0 Å². The summed E-state index contributed by atoms with van der Waals surface area (Å²) in [5, 5.41) is 18.2. The molecule has 0 saturated heterocycles. The highest BCUT2D eigenvalue weighted by atomic mass is 16.4. The Morgan fingerprint density at radius 1 is 1.55 bits per heavy atom. The Hall–Kier alpha value is -0.800. The Morgan fingerprint density at radius 3 is 2.73 bits per heavy atom. The fourth-order valence-corrected chi connectivity index (χ4v) is 0.920. The molecule has 1 aromatic rings. The van der Waals surface area contributed by atoms with Gasteiger partial charge in [-0.3, -0.25) is 0 Å². The number of aliphatic hydroxyl groups is 2. The zero-order valence-electron chi connectivity index (χ0n) is 6.40. The maximum absolute atomic E-state index is 9.33. The average Bonchev–Trinajstić information content (AvgIpc) is 2.35. The summed E-state index contributed by atoms with van der Waals surface area (Å²) in [6.45, 7) is 1.63. The first-order valence-electron chi connectivity index (χ1n) is 3.59. The number of aliphatic hydroxyl groups excluding tert-OH is 2. The van der Waals surface area contributed by atoms with Crippen LogP contribution in [0, 0.1) is 0 Å². The molecule has 11 heavy (non-hydrogen) atoms. The summed E-state index contributed by atoms with van der Waals surface area (Å²) in [5.41, 5.74) is 0. The van der Waals surface area contributed by atoms with Crippen LogP contribution in [0.15, 0.2) is 22.8 Å². The van der Waals surface area contributed by atoms with Crippen molar-refractivity contribution in [2.45, 2.75) is 25.6 Å². The summed E-state index contributed by atoms with van der Waals surface area (Å²) in [6, 6.07) is 3.40. The van der Waals surface area contributed by atoms with Gasteiger partial charge in [-0.2, -0.15) is 0 Å². The molecule has 2 N–H and O–H groups in total. The van der Waals surface area contributed by atoms with Gasteiger partial charge in [0.15, 0.2) is 0 Å². The summed E-state index contributed by atoms with van der Waals surface area (Å²) in [7, 11) is 0. The van der Waals surface area contributed by atoms with Crippen molar-refractivity contribution in [3.63, 3.8) is 0 Å². The predicted octanol–water partition coefficient (Wildman–Crippen LogP) is 1.08. The Balaban J connectivity index is 2.49. The standard InChI is InChI=1S/C8H12O3/c1-6(9)5-7(10)8-3-2-4-11-8/h2-4,6-7,9-10H,5H2,1H3/t6-,7-/m1/s1. The topological polar surface area (TPSA) is 53.6 Å². The summed E-state index contributed by atoms with van der Waals surface area (Å²) in [5.74, 6) is 0.505. The van der Waals surface area contributed by atoms with Gasteiger partial charge in [0.1, 0.15) is 11.9 Å². The Labute approximate surface area is 65.3 Å². The van der Waals surface area contributed by atoms with Crippen molar-refractivity contribution in [2.75, 3.05) is 0 Å². The number of rotatable bonds is 3. The van der Waals surface area contributed by atoms with Crippen LogP contribution >= 0.6 is 0 Å². The molecule has 1 rings (SSSR count). The fraction of sp³-hybridized carbons (Fsp3) is 0.500. The van der Waals surface area contributed by atoms with E-state index in [-0.39, 0.29) is 0 Å². The number of hydrogen-bond acceptors (Lipinski definition) is 3. The van der Waals surface area contributed by atoms with Crippen LogP contribution < -0.4 is 0 Å². The fourth-order valence-electron chi connectivity index (χ4n) is 0.920. The summed E-state index contributed by atoms with van der Waals surface area (Å²) < 4.78 is 4.94. The molecule has 0 unspecified atom stereocenters. The van der Waals surface area contributed by atoms with E-state index in [0.29, 0.717) is 12.2 Å². The van der Waals surface area contributed by atoms with Gasteiger partial charge in [0.05, 0.1) is 12.4 Å². The molecule has 1 heterocycles. The minimum absolute atomic E-state index is 0.313. The second kappa shape index (κ2) is 3.55. The molecule has 3 nitrogen and oxygen atoms in total. The summed E-state index contributed by atoms with van der Waals surface area (Å²) in [6.07, 6.45) is 0.619. The lowest BCUT2D eigenvalue weighted by Gasteiger charge is -2.08.